The van der Waals surface area contributed by atoms with Crippen LogP contribution in [-0.4, -0.2) is 41.5 Å². The Hall–Kier alpha value is -3.20. The predicted octanol–water partition coefficient (Wildman–Crippen LogP) is 3.00. The maximum atomic E-state index is 13.1. The van der Waals surface area contributed by atoms with Gasteiger partial charge in [0.2, 0.25) is 5.88 Å². The maximum Gasteiger partial charge on any atom is 0.320 e. The standard InChI is InChI=1S/C18H20FN5O3/c1-3-27-17-13-9-20-16(8-14(13)23-24-17)22-18(25)21-15(10-26-2)11-4-6-12(19)7-5-11/h4-9,15H,3,10H2,1-2H3,(H,23,24)(H2,20,21,22,25)/t15-/m0/s1. The quantitative estimate of drug-likeness (QED) is 0.591. The summed E-state index contributed by atoms with van der Waals surface area (Å²) in [5, 5.41) is 13.1. The molecule has 0 spiro atoms. The average molecular weight is 373 g/mol. The van der Waals surface area contributed by atoms with E-state index in [1.807, 2.05) is 6.92 Å². The van der Waals surface area contributed by atoms with Gasteiger partial charge in [0, 0.05) is 19.4 Å². The van der Waals surface area contributed by atoms with Crippen LogP contribution in [0.5, 0.6) is 5.88 Å². The summed E-state index contributed by atoms with van der Waals surface area (Å²) in [7, 11) is 1.53. The van der Waals surface area contributed by atoms with Crippen LogP contribution in [0.15, 0.2) is 36.5 Å². The molecule has 8 nitrogen and oxygen atoms in total. The number of pyridine rings is 1. The molecule has 0 aliphatic rings. The van der Waals surface area contributed by atoms with E-state index in [9.17, 15) is 9.18 Å². The maximum absolute atomic E-state index is 13.1. The van der Waals surface area contributed by atoms with Crippen molar-refractivity contribution in [3.8, 4) is 5.88 Å². The zero-order chi connectivity index (χ0) is 19.2. The van der Waals surface area contributed by atoms with Crippen LogP contribution in [0, 0.1) is 5.82 Å². The Balaban J connectivity index is 1.69. The van der Waals surface area contributed by atoms with E-state index in [0.717, 1.165) is 10.9 Å². The van der Waals surface area contributed by atoms with Gasteiger partial charge in [-0.25, -0.2) is 14.2 Å². The number of aromatic amines is 1. The number of hydrogen-bond donors (Lipinski definition) is 3. The van der Waals surface area contributed by atoms with Gasteiger partial charge in [-0.2, -0.15) is 0 Å². The van der Waals surface area contributed by atoms with Crippen LogP contribution in [0.4, 0.5) is 15.0 Å². The summed E-state index contributed by atoms with van der Waals surface area (Å²) in [6, 6.07) is 6.64. The minimum absolute atomic E-state index is 0.240. The molecule has 3 aromatic rings. The van der Waals surface area contributed by atoms with Crippen LogP contribution in [0.3, 0.4) is 0 Å². The van der Waals surface area contributed by atoms with Gasteiger partial charge in [0.05, 0.1) is 30.2 Å². The van der Waals surface area contributed by atoms with E-state index < -0.39 is 12.1 Å². The number of fused-ring (bicyclic) bond motifs is 1. The van der Waals surface area contributed by atoms with E-state index in [1.165, 1.54) is 19.2 Å². The van der Waals surface area contributed by atoms with Crippen LogP contribution < -0.4 is 15.4 Å². The van der Waals surface area contributed by atoms with Crippen molar-refractivity contribution in [1.29, 1.82) is 0 Å². The van der Waals surface area contributed by atoms with Crippen LogP contribution >= 0.6 is 0 Å². The molecule has 0 bridgehead atoms. The number of methoxy groups -OCH3 is 1. The van der Waals surface area contributed by atoms with Gasteiger partial charge in [-0.05, 0) is 24.6 Å². The van der Waals surface area contributed by atoms with Gasteiger partial charge in [-0.15, -0.1) is 5.10 Å². The van der Waals surface area contributed by atoms with E-state index >= 15 is 0 Å². The topological polar surface area (TPSA) is 101 Å². The van der Waals surface area contributed by atoms with Crippen molar-refractivity contribution in [1.82, 2.24) is 20.5 Å². The summed E-state index contributed by atoms with van der Waals surface area (Å²) in [4.78, 5) is 16.5. The fraction of sp³-hybridized carbons (Fsp3) is 0.278. The smallest absolute Gasteiger partial charge is 0.320 e. The molecule has 0 saturated heterocycles. The number of aromatic nitrogens is 3. The molecule has 3 N–H and O–H groups in total. The molecule has 0 aliphatic carbocycles. The van der Waals surface area contributed by atoms with Crippen molar-refractivity contribution in [2.24, 2.45) is 0 Å². The second kappa shape index (κ2) is 8.45. The molecule has 1 aromatic carbocycles. The van der Waals surface area contributed by atoms with Gasteiger partial charge in [0.15, 0.2) is 0 Å². The van der Waals surface area contributed by atoms with Crippen LogP contribution in [-0.2, 0) is 4.74 Å². The molecule has 27 heavy (non-hydrogen) atoms. The molecule has 0 saturated carbocycles. The minimum atomic E-state index is -0.460. The molecular weight excluding hydrogens is 353 g/mol. The Kier molecular flexibility index (Phi) is 5.82. The lowest BCUT2D eigenvalue weighted by atomic mass is 10.1. The lowest BCUT2D eigenvalue weighted by Crippen LogP contribution is -2.35. The van der Waals surface area contributed by atoms with E-state index in [1.54, 1.807) is 24.4 Å². The number of urea groups is 1. The molecule has 142 valence electrons. The van der Waals surface area contributed by atoms with Gasteiger partial charge < -0.3 is 14.8 Å². The third-order valence-corrected chi connectivity index (χ3v) is 3.85. The van der Waals surface area contributed by atoms with Gasteiger partial charge >= 0.3 is 6.03 Å². The number of benzene rings is 1. The van der Waals surface area contributed by atoms with Gasteiger partial charge in [-0.1, -0.05) is 12.1 Å². The number of carbonyl (C=O) groups is 1. The first-order valence-corrected chi connectivity index (χ1v) is 8.39. The Labute approximate surface area is 155 Å². The van der Waals surface area contributed by atoms with Crippen LogP contribution in [0.25, 0.3) is 10.9 Å². The first-order valence-electron chi connectivity index (χ1n) is 8.39. The SMILES string of the molecule is CCOc1n[nH]c2cc(NC(=O)N[C@@H](COC)c3ccc(F)cc3)ncc12. The lowest BCUT2D eigenvalue weighted by molar-refractivity contribution is 0.168. The monoisotopic (exact) mass is 373 g/mol. The van der Waals surface area contributed by atoms with E-state index in [0.29, 0.717) is 23.8 Å². The number of hydrogen-bond acceptors (Lipinski definition) is 5. The normalized spacial score (nSPS) is 12.0. The highest BCUT2D eigenvalue weighted by molar-refractivity contribution is 5.92. The molecule has 2 amide bonds. The first kappa shape index (κ1) is 18.6. The van der Waals surface area contributed by atoms with E-state index in [4.69, 9.17) is 9.47 Å². The number of anilines is 1. The van der Waals surface area contributed by atoms with Crippen LogP contribution in [0.2, 0.25) is 0 Å². The van der Waals surface area contributed by atoms with Crippen molar-refractivity contribution in [2.45, 2.75) is 13.0 Å². The Morgan fingerprint density at radius 3 is 2.81 bits per heavy atom. The minimum Gasteiger partial charge on any atom is -0.476 e. The number of H-pyrrole nitrogens is 1. The second-order valence-corrected chi connectivity index (χ2v) is 5.73. The highest BCUT2D eigenvalue weighted by atomic mass is 19.1. The van der Waals surface area contributed by atoms with Crippen LogP contribution in [0.1, 0.15) is 18.5 Å². The zero-order valence-electron chi connectivity index (χ0n) is 15.0. The fourth-order valence-electron chi connectivity index (χ4n) is 2.60. The Morgan fingerprint density at radius 1 is 1.33 bits per heavy atom. The van der Waals surface area contributed by atoms with E-state index in [2.05, 4.69) is 25.8 Å². The highest BCUT2D eigenvalue weighted by Gasteiger charge is 2.16. The molecular formula is C18H20FN5O3. The summed E-state index contributed by atoms with van der Waals surface area (Å²) in [6.45, 7) is 2.60. The molecule has 0 fully saturated rings. The number of halogens is 1. The van der Waals surface area contributed by atoms with E-state index in [-0.39, 0.29) is 12.4 Å². The average Bonchev–Trinajstić information content (AvgIpc) is 3.04. The molecule has 0 aliphatic heterocycles. The summed E-state index contributed by atoms with van der Waals surface area (Å²) in [6.07, 6.45) is 1.58. The van der Waals surface area contributed by atoms with Gasteiger partial charge in [-0.3, -0.25) is 10.4 Å². The number of nitrogens with one attached hydrogen (secondary N) is 3. The summed E-state index contributed by atoms with van der Waals surface area (Å²) < 4.78 is 23.6. The predicted molar refractivity (Wildman–Crippen MR) is 98.2 cm³/mol. The molecule has 0 unspecified atom stereocenters. The third kappa shape index (κ3) is 4.50. The Morgan fingerprint density at radius 2 is 2.11 bits per heavy atom. The molecule has 1 atom stereocenters. The molecule has 2 heterocycles. The van der Waals surface area contributed by atoms with Crippen molar-refractivity contribution in [3.05, 3.63) is 47.9 Å². The van der Waals surface area contributed by atoms with Crippen molar-refractivity contribution in [2.75, 3.05) is 25.6 Å². The first-order chi connectivity index (χ1) is 13.1. The fourth-order valence-corrected chi connectivity index (χ4v) is 2.60. The zero-order valence-corrected chi connectivity index (χ0v) is 15.0. The molecule has 0 radical (unpaired) electrons. The number of amides is 2. The van der Waals surface area contributed by atoms with Gasteiger partial charge in [0.1, 0.15) is 11.6 Å². The second-order valence-electron chi connectivity index (χ2n) is 5.73. The summed E-state index contributed by atoms with van der Waals surface area (Å²) >= 11 is 0. The highest BCUT2D eigenvalue weighted by Crippen LogP contribution is 2.23. The van der Waals surface area contributed by atoms with Crippen molar-refractivity contribution in [3.63, 3.8) is 0 Å². The lowest BCUT2D eigenvalue weighted by Gasteiger charge is -2.18. The van der Waals surface area contributed by atoms with Crippen molar-refractivity contribution >= 4 is 22.8 Å². The number of carbonyl (C=O) groups excluding carboxylic acids is 1. The van der Waals surface area contributed by atoms with Crippen molar-refractivity contribution < 1.29 is 18.7 Å². The summed E-state index contributed by atoms with van der Waals surface area (Å²) in [5.41, 5.74) is 1.42. The summed E-state index contributed by atoms with van der Waals surface area (Å²) in [5.74, 6) is 0.470. The number of ether oxygens (including phenoxy) is 2. The van der Waals surface area contributed by atoms with Gasteiger partial charge in [0.25, 0.3) is 0 Å². The third-order valence-electron chi connectivity index (χ3n) is 3.85. The molecule has 3 rings (SSSR count). The number of rotatable bonds is 7. The largest absolute Gasteiger partial charge is 0.476 e. The Bertz CT molecular complexity index is 913. The number of nitrogens with zero attached hydrogens (tertiary/aromatic N) is 2. The molecule has 9 heteroatoms. The molecule has 2 aromatic heterocycles.